The number of benzene rings is 2. The normalized spacial score (nSPS) is 12.9. The zero-order valence-electron chi connectivity index (χ0n) is 22.3. The number of hydrogen-bond acceptors (Lipinski definition) is 9. The number of ether oxygens (including phenoxy) is 2. The van der Waals surface area contributed by atoms with E-state index in [-0.39, 0.29) is 23.0 Å². The molecule has 0 bridgehead atoms. The van der Waals surface area contributed by atoms with Crippen LogP contribution in [0.1, 0.15) is 42.7 Å². The summed E-state index contributed by atoms with van der Waals surface area (Å²) in [6, 6.07) is 12.1. The van der Waals surface area contributed by atoms with E-state index in [2.05, 4.69) is 10.5 Å². The summed E-state index contributed by atoms with van der Waals surface area (Å²) in [7, 11) is 0. The van der Waals surface area contributed by atoms with E-state index in [0.717, 1.165) is 41.8 Å². The summed E-state index contributed by atoms with van der Waals surface area (Å²) in [5.41, 5.74) is 4.84. The van der Waals surface area contributed by atoms with Gasteiger partial charge in [0.1, 0.15) is 10.6 Å². The molecule has 1 aliphatic carbocycles. The van der Waals surface area contributed by atoms with E-state index in [1.54, 1.807) is 28.0 Å². The lowest BCUT2D eigenvalue weighted by Crippen LogP contribution is -2.24. The van der Waals surface area contributed by atoms with Gasteiger partial charge in [-0.1, -0.05) is 11.8 Å². The zero-order chi connectivity index (χ0) is 28.1. The monoisotopic (exact) mass is 578 g/mol. The molecule has 0 fully saturated rings. The van der Waals surface area contributed by atoms with E-state index >= 15 is 0 Å². The van der Waals surface area contributed by atoms with E-state index in [4.69, 9.17) is 14.5 Å². The van der Waals surface area contributed by atoms with Crippen LogP contribution >= 0.6 is 23.1 Å². The van der Waals surface area contributed by atoms with Gasteiger partial charge in [0.15, 0.2) is 16.7 Å². The summed E-state index contributed by atoms with van der Waals surface area (Å²) >= 11 is 2.77. The topological polar surface area (TPSA) is 115 Å². The van der Waals surface area contributed by atoms with Gasteiger partial charge in [-0.05, 0) is 93.1 Å². The molecule has 0 unspecified atom stereocenters. The quantitative estimate of drug-likeness (QED) is 0.117. The molecule has 1 amide bonds. The molecule has 0 saturated heterocycles. The second-order valence-electron chi connectivity index (χ2n) is 9.09. The molecule has 0 saturated carbocycles. The second-order valence-corrected chi connectivity index (χ2v) is 11.1. The number of hydrogen-bond donors (Lipinski definition) is 2. The van der Waals surface area contributed by atoms with Crippen molar-refractivity contribution < 1.29 is 19.4 Å². The Morgan fingerprint density at radius 1 is 1.15 bits per heavy atom. The fraction of sp³-hybridized carbons (Fsp3) is 0.310. The maximum atomic E-state index is 13.9. The third-order valence-electron chi connectivity index (χ3n) is 6.38. The number of hydrazone groups is 1. The average Bonchev–Trinajstić information content (AvgIpc) is 3.33. The molecule has 0 radical (unpaired) electrons. The van der Waals surface area contributed by atoms with Gasteiger partial charge in [0.05, 0.1) is 36.3 Å². The van der Waals surface area contributed by atoms with Gasteiger partial charge < -0.3 is 14.6 Å². The number of carbonyl (C=O) groups excluding carboxylic acids is 1. The van der Waals surface area contributed by atoms with E-state index in [1.807, 2.05) is 38.1 Å². The summed E-state index contributed by atoms with van der Waals surface area (Å²) in [5, 5.41) is 15.0. The van der Waals surface area contributed by atoms with Gasteiger partial charge in [-0.3, -0.25) is 14.2 Å². The van der Waals surface area contributed by atoms with Gasteiger partial charge >= 0.3 is 0 Å². The number of phenolic OH excluding ortho intramolecular Hbond substituents is 1. The summed E-state index contributed by atoms with van der Waals surface area (Å²) in [5.74, 6) is 0.765. The Morgan fingerprint density at radius 3 is 2.70 bits per heavy atom. The lowest BCUT2D eigenvalue weighted by Gasteiger charge is -2.14. The van der Waals surface area contributed by atoms with Gasteiger partial charge in [-0.25, -0.2) is 10.4 Å². The van der Waals surface area contributed by atoms with Crippen molar-refractivity contribution in [1.82, 2.24) is 15.0 Å². The Kier molecular flexibility index (Phi) is 8.71. The molecule has 5 rings (SSSR count). The highest BCUT2D eigenvalue weighted by Crippen LogP contribution is 2.35. The molecule has 4 aromatic rings. The lowest BCUT2D eigenvalue weighted by molar-refractivity contribution is -0.118. The molecular weight excluding hydrogens is 548 g/mol. The van der Waals surface area contributed by atoms with Crippen molar-refractivity contribution in [2.75, 3.05) is 19.0 Å². The second kappa shape index (κ2) is 12.6. The fourth-order valence-electron chi connectivity index (χ4n) is 4.59. The van der Waals surface area contributed by atoms with E-state index in [1.165, 1.54) is 28.9 Å². The number of aromatic nitrogens is 2. The smallest absolute Gasteiger partial charge is 0.267 e. The highest BCUT2D eigenvalue weighted by molar-refractivity contribution is 7.99. The van der Waals surface area contributed by atoms with Crippen LogP contribution in [0.4, 0.5) is 0 Å². The van der Waals surface area contributed by atoms with Gasteiger partial charge in [0, 0.05) is 4.88 Å². The van der Waals surface area contributed by atoms with Crippen molar-refractivity contribution in [2.45, 2.75) is 44.7 Å². The van der Waals surface area contributed by atoms with Crippen LogP contribution in [0.25, 0.3) is 15.9 Å². The number of aryl methyl sites for hydroxylation is 2. The number of amides is 1. The number of thioether (sulfide) groups is 1. The number of thiophene rings is 1. The Bertz CT molecular complexity index is 1610. The summed E-state index contributed by atoms with van der Waals surface area (Å²) in [6.07, 6.45) is 5.51. The van der Waals surface area contributed by atoms with Crippen molar-refractivity contribution in [3.05, 3.63) is 68.8 Å². The van der Waals surface area contributed by atoms with Crippen LogP contribution in [-0.4, -0.2) is 45.7 Å². The van der Waals surface area contributed by atoms with Gasteiger partial charge in [0.25, 0.3) is 11.5 Å². The van der Waals surface area contributed by atoms with Crippen LogP contribution in [0.15, 0.2) is 57.5 Å². The Morgan fingerprint density at radius 2 is 1.93 bits per heavy atom. The summed E-state index contributed by atoms with van der Waals surface area (Å²) in [4.78, 5) is 33.4. The highest BCUT2D eigenvalue weighted by atomic mass is 32.2. The SMILES string of the molecule is CCOc1ccc(-n2c(SCC(=O)NN=Cc3ccc(O)c(OCC)c3)nc3sc4c(c3c2=O)CCCC4)cc1. The molecule has 2 aromatic heterocycles. The van der Waals surface area contributed by atoms with Gasteiger partial charge in [-0.2, -0.15) is 5.10 Å². The lowest BCUT2D eigenvalue weighted by atomic mass is 9.97. The van der Waals surface area contributed by atoms with Crippen molar-refractivity contribution in [3.8, 4) is 22.9 Å². The molecule has 9 nitrogen and oxygen atoms in total. The van der Waals surface area contributed by atoms with Crippen LogP contribution in [0, 0.1) is 0 Å². The van der Waals surface area contributed by atoms with Crippen molar-refractivity contribution in [3.63, 3.8) is 0 Å². The highest BCUT2D eigenvalue weighted by Gasteiger charge is 2.23. The van der Waals surface area contributed by atoms with Crippen LogP contribution in [0.5, 0.6) is 17.2 Å². The Hall–Kier alpha value is -3.83. The zero-order valence-corrected chi connectivity index (χ0v) is 23.9. The van der Waals surface area contributed by atoms with Crippen LogP contribution in [-0.2, 0) is 17.6 Å². The van der Waals surface area contributed by atoms with E-state index < -0.39 is 0 Å². The minimum atomic E-state index is -0.344. The van der Waals surface area contributed by atoms with Gasteiger partial charge in [0.2, 0.25) is 0 Å². The van der Waals surface area contributed by atoms with Crippen LogP contribution in [0.3, 0.4) is 0 Å². The third-order valence-corrected chi connectivity index (χ3v) is 8.51. The molecule has 1 aliphatic rings. The fourth-order valence-corrected chi connectivity index (χ4v) is 6.70. The maximum Gasteiger partial charge on any atom is 0.267 e. The number of fused-ring (bicyclic) bond motifs is 3. The average molecular weight is 579 g/mol. The molecule has 0 spiro atoms. The Balaban J connectivity index is 1.39. The number of aromatic hydroxyl groups is 1. The first kappa shape index (κ1) is 27.7. The molecule has 2 heterocycles. The molecule has 11 heteroatoms. The Labute approximate surface area is 239 Å². The number of rotatable bonds is 10. The van der Waals surface area contributed by atoms with Gasteiger partial charge in [-0.15, -0.1) is 11.3 Å². The van der Waals surface area contributed by atoms with Crippen molar-refractivity contribution >= 4 is 45.4 Å². The summed E-state index contributed by atoms with van der Waals surface area (Å²) < 4.78 is 12.5. The van der Waals surface area contributed by atoms with Crippen LogP contribution < -0.4 is 20.5 Å². The number of carbonyl (C=O) groups is 1. The molecular formula is C29H30N4O5S2. The van der Waals surface area contributed by atoms with Crippen LogP contribution in [0.2, 0.25) is 0 Å². The minimum absolute atomic E-state index is 0.0111. The third kappa shape index (κ3) is 6.00. The van der Waals surface area contributed by atoms with Crippen molar-refractivity contribution in [2.24, 2.45) is 5.10 Å². The first-order chi connectivity index (χ1) is 19.5. The molecule has 40 heavy (non-hydrogen) atoms. The number of nitrogens with zero attached hydrogens (tertiary/aromatic N) is 3. The predicted molar refractivity (Wildman–Crippen MR) is 159 cm³/mol. The number of phenols is 1. The first-order valence-corrected chi connectivity index (χ1v) is 15.0. The summed E-state index contributed by atoms with van der Waals surface area (Å²) in [6.45, 7) is 4.71. The minimum Gasteiger partial charge on any atom is -0.504 e. The maximum absolute atomic E-state index is 13.9. The molecule has 0 atom stereocenters. The van der Waals surface area contributed by atoms with E-state index in [0.29, 0.717) is 40.8 Å². The van der Waals surface area contributed by atoms with E-state index in [9.17, 15) is 14.7 Å². The molecule has 2 aromatic carbocycles. The molecule has 0 aliphatic heterocycles. The standard InChI is InChI=1S/C29H30N4O5S2/c1-3-37-20-12-10-19(11-13-20)33-28(36)26-21-7-5-6-8-24(21)40-27(26)31-29(33)39-17-25(35)32-30-16-18-9-14-22(34)23(15-18)38-4-2/h9-16,34H,3-8,17H2,1-2H3,(H,32,35). The molecule has 208 valence electrons. The number of nitrogens with one attached hydrogen (secondary N) is 1. The van der Waals surface area contributed by atoms with Crippen molar-refractivity contribution in [1.29, 1.82) is 0 Å². The molecule has 2 N–H and O–H groups in total. The largest absolute Gasteiger partial charge is 0.504 e. The first-order valence-electron chi connectivity index (χ1n) is 13.2. The predicted octanol–water partition coefficient (Wildman–Crippen LogP) is 5.07.